The summed E-state index contributed by atoms with van der Waals surface area (Å²) in [6.45, 7) is 6.63. The van der Waals surface area contributed by atoms with Crippen LogP contribution in [0.4, 0.5) is 9.59 Å². The predicted molar refractivity (Wildman–Crippen MR) is 103 cm³/mol. The van der Waals surface area contributed by atoms with E-state index in [0.29, 0.717) is 32.4 Å². The molecular formula is C21H28N2O5. The molecule has 0 aromatic heterocycles. The van der Waals surface area contributed by atoms with Crippen molar-refractivity contribution in [2.75, 3.05) is 19.6 Å². The fourth-order valence-corrected chi connectivity index (χ4v) is 3.80. The Morgan fingerprint density at radius 2 is 1.71 bits per heavy atom. The van der Waals surface area contributed by atoms with E-state index in [-0.39, 0.29) is 25.0 Å². The molecule has 2 heterocycles. The van der Waals surface area contributed by atoms with Gasteiger partial charge >= 0.3 is 12.2 Å². The van der Waals surface area contributed by atoms with Gasteiger partial charge in [0.05, 0.1) is 12.1 Å². The Morgan fingerprint density at radius 3 is 2.32 bits per heavy atom. The lowest BCUT2D eigenvalue weighted by Gasteiger charge is -2.43. The molecule has 2 aliphatic rings. The fraction of sp³-hybridized carbons (Fsp3) is 0.571. The van der Waals surface area contributed by atoms with Gasteiger partial charge in [-0.05, 0) is 39.2 Å². The maximum atomic E-state index is 12.7. The number of ether oxygens (including phenoxy) is 2. The third-order valence-electron chi connectivity index (χ3n) is 5.20. The van der Waals surface area contributed by atoms with Crippen LogP contribution in [0.3, 0.4) is 0 Å². The van der Waals surface area contributed by atoms with Gasteiger partial charge in [0.1, 0.15) is 12.2 Å². The molecular weight excluding hydrogens is 360 g/mol. The number of likely N-dealkylation sites (tertiary alicyclic amines) is 2. The number of piperidine rings is 1. The summed E-state index contributed by atoms with van der Waals surface area (Å²) in [4.78, 5) is 40.3. The molecule has 0 saturated carbocycles. The van der Waals surface area contributed by atoms with Gasteiger partial charge in [0.25, 0.3) is 0 Å². The lowest BCUT2D eigenvalue weighted by atomic mass is 9.85. The maximum absolute atomic E-state index is 12.7. The summed E-state index contributed by atoms with van der Waals surface area (Å²) < 4.78 is 10.9. The number of benzene rings is 1. The van der Waals surface area contributed by atoms with Crippen LogP contribution in [0.2, 0.25) is 0 Å². The second-order valence-corrected chi connectivity index (χ2v) is 8.53. The van der Waals surface area contributed by atoms with Crippen molar-refractivity contribution in [1.82, 2.24) is 9.80 Å². The lowest BCUT2D eigenvalue weighted by Crippen LogP contribution is -2.55. The third-order valence-corrected chi connectivity index (χ3v) is 5.20. The molecule has 2 amide bonds. The number of hydrogen-bond acceptors (Lipinski definition) is 5. The molecule has 2 fully saturated rings. The van der Waals surface area contributed by atoms with Gasteiger partial charge in [0.15, 0.2) is 5.78 Å². The van der Waals surface area contributed by atoms with Gasteiger partial charge in [0, 0.05) is 19.5 Å². The smallest absolute Gasteiger partial charge is 0.410 e. The topological polar surface area (TPSA) is 76.2 Å². The van der Waals surface area contributed by atoms with E-state index < -0.39 is 17.2 Å². The van der Waals surface area contributed by atoms with Gasteiger partial charge in [0.2, 0.25) is 0 Å². The van der Waals surface area contributed by atoms with E-state index in [0.717, 1.165) is 5.56 Å². The van der Waals surface area contributed by atoms with Crippen LogP contribution >= 0.6 is 0 Å². The number of carbonyl (C=O) groups is 3. The molecule has 152 valence electrons. The van der Waals surface area contributed by atoms with Gasteiger partial charge in [-0.2, -0.15) is 0 Å². The zero-order valence-corrected chi connectivity index (χ0v) is 16.8. The van der Waals surface area contributed by atoms with Crippen LogP contribution in [0, 0.1) is 0 Å². The van der Waals surface area contributed by atoms with Crippen molar-refractivity contribution in [2.24, 2.45) is 0 Å². The Hall–Kier alpha value is -2.57. The maximum Gasteiger partial charge on any atom is 0.410 e. The highest BCUT2D eigenvalue weighted by Crippen LogP contribution is 2.38. The summed E-state index contributed by atoms with van der Waals surface area (Å²) in [5.41, 5.74) is -0.221. The van der Waals surface area contributed by atoms with E-state index in [9.17, 15) is 14.4 Å². The average molecular weight is 388 g/mol. The van der Waals surface area contributed by atoms with Crippen molar-refractivity contribution in [3.8, 4) is 0 Å². The van der Waals surface area contributed by atoms with Crippen molar-refractivity contribution >= 4 is 18.0 Å². The zero-order valence-electron chi connectivity index (χ0n) is 16.8. The summed E-state index contributed by atoms with van der Waals surface area (Å²) in [7, 11) is 0. The minimum atomic E-state index is -0.566. The monoisotopic (exact) mass is 388 g/mol. The molecule has 28 heavy (non-hydrogen) atoms. The van der Waals surface area contributed by atoms with Crippen LogP contribution in [0.5, 0.6) is 0 Å². The van der Waals surface area contributed by atoms with E-state index >= 15 is 0 Å². The van der Waals surface area contributed by atoms with E-state index in [1.807, 2.05) is 51.1 Å². The Labute approximate surface area is 165 Å². The highest BCUT2D eigenvalue weighted by molar-refractivity contribution is 5.89. The lowest BCUT2D eigenvalue weighted by molar-refractivity contribution is -0.117. The van der Waals surface area contributed by atoms with Crippen LogP contribution < -0.4 is 0 Å². The number of carbonyl (C=O) groups excluding carboxylic acids is 3. The largest absolute Gasteiger partial charge is 0.445 e. The summed E-state index contributed by atoms with van der Waals surface area (Å²) in [6.07, 6.45) is 0.567. The molecule has 0 bridgehead atoms. The minimum Gasteiger partial charge on any atom is -0.445 e. The highest BCUT2D eigenvalue weighted by Gasteiger charge is 2.50. The van der Waals surface area contributed by atoms with Crippen molar-refractivity contribution in [2.45, 2.75) is 57.8 Å². The number of ketones is 1. The summed E-state index contributed by atoms with van der Waals surface area (Å²) >= 11 is 0. The highest BCUT2D eigenvalue weighted by atomic mass is 16.6. The molecule has 0 unspecified atom stereocenters. The van der Waals surface area contributed by atoms with Crippen molar-refractivity contribution < 1.29 is 23.9 Å². The van der Waals surface area contributed by atoms with Crippen LogP contribution in [0.15, 0.2) is 30.3 Å². The van der Waals surface area contributed by atoms with Gasteiger partial charge < -0.3 is 14.4 Å². The SMILES string of the molecule is CC(C)(C)OC(=O)N1CCC2(CC1)CC(=O)CN2C(=O)OCc1ccccc1. The Morgan fingerprint density at radius 1 is 1.07 bits per heavy atom. The van der Waals surface area contributed by atoms with Crippen LogP contribution in [-0.2, 0) is 20.9 Å². The molecule has 0 aliphatic carbocycles. The first-order valence-corrected chi connectivity index (χ1v) is 9.66. The molecule has 7 nitrogen and oxygen atoms in total. The zero-order chi connectivity index (χ0) is 20.4. The Bertz CT molecular complexity index is 733. The van der Waals surface area contributed by atoms with Crippen molar-refractivity contribution in [3.05, 3.63) is 35.9 Å². The Balaban J connectivity index is 1.61. The van der Waals surface area contributed by atoms with Gasteiger partial charge in [-0.15, -0.1) is 0 Å². The molecule has 2 aliphatic heterocycles. The van der Waals surface area contributed by atoms with Crippen LogP contribution in [0.1, 0.15) is 45.6 Å². The van der Waals surface area contributed by atoms with E-state index in [2.05, 4.69) is 0 Å². The molecule has 1 spiro atoms. The molecule has 0 atom stereocenters. The van der Waals surface area contributed by atoms with Crippen molar-refractivity contribution in [3.63, 3.8) is 0 Å². The van der Waals surface area contributed by atoms with E-state index in [1.165, 1.54) is 0 Å². The number of rotatable bonds is 2. The number of amides is 2. The van der Waals surface area contributed by atoms with Gasteiger partial charge in [-0.3, -0.25) is 9.69 Å². The molecule has 2 saturated heterocycles. The first-order chi connectivity index (χ1) is 13.2. The molecule has 1 aromatic carbocycles. The minimum absolute atomic E-state index is 0.0300. The quantitative estimate of drug-likeness (QED) is 0.776. The molecule has 0 radical (unpaired) electrons. The Kier molecular flexibility index (Phi) is 5.63. The first-order valence-electron chi connectivity index (χ1n) is 9.66. The summed E-state index contributed by atoms with van der Waals surface area (Å²) in [5, 5.41) is 0. The number of nitrogens with zero attached hydrogens (tertiary/aromatic N) is 2. The molecule has 0 N–H and O–H groups in total. The number of Topliss-reactive ketones (excluding diaryl/α,β-unsaturated/α-hetero) is 1. The predicted octanol–water partition coefficient (Wildman–Crippen LogP) is 3.37. The van der Waals surface area contributed by atoms with E-state index in [1.54, 1.807) is 9.80 Å². The van der Waals surface area contributed by atoms with Gasteiger partial charge in [-0.1, -0.05) is 30.3 Å². The number of hydrogen-bond donors (Lipinski definition) is 0. The summed E-state index contributed by atoms with van der Waals surface area (Å²) in [6, 6.07) is 9.44. The van der Waals surface area contributed by atoms with Gasteiger partial charge in [-0.25, -0.2) is 9.59 Å². The second-order valence-electron chi connectivity index (χ2n) is 8.53. The normalized spacial score (nSPS) is 19.0. The third kappa shape index (κ3) is 4.64. The standard InChI is InChI=1S/C21H28N2O5/c1-20(2,3)28-18(25)22-11-9-21(10-12-22)13-17(24)14-23(21)19(26)27-15-16-7-5-4-6-8-16/h4-8H,9-15H2,1-3H3. The van der Waals surface area contributed by atoms with Crippen LogP contribution in [0.25, 0.3) is 0 Å². The fourth-order valence-electron chi connectivity index (χ4n) is 3.80. The molecule has 1 aromatic rings. The molecule has 3 rings (SSSR count). The van der Waals surface area contributed by atoms with Crippen LogP contribution in [-0.4, -0.2) is 58.5 Å². The second kappa shape index (κ2) is 7.81. The average Bonchev–Trinajstić information content (AvgIpc) is 2.95. The molecule has 7 heteroatoms. The van der Waals surface area contributed by atoms with Crippen molar-refractivity contribution in [1.29, 1.82) is 0 Å². The first kappa shape index (κ1) is 20.2. The summed E-state index contributed by atoms with van der Waals surface area (Å²) in [5.74, 6) is 0.0300. The van der Waals surface area contributed by atoms with E-state index in [4.69, 9.17) is 9.47 Å².